The predicted octanol–water partition coefficient (Wildman–Crippen LogP) is -0.488. The number of hydrogen-bond donors (Lipinski definition) is 2. The van der Waals surface area contributed by atoms with Crippen molar-refractivity contribution in [2.24, 2.45) is 0 Å². The monoisotopic (exact) mass is 544 g/mol. The highest BCUT2D eigenvalue weighted by Gasteiger charge is 2.19. The molecule has 0 fully saturated rings. The number of aromatic hydroxyl groups is 2. The molecule has 2 atom stereocenters. The topological polar surface area (TPSA) is 262 Å². The number of aryl methyl sites for hydroxylation is 2. The van der Waals surface area contributed by atoms with E-state index in [9.17, 15) is 29.1 Å². The zero-order valence-corrected chi connectivity index (χ0v) is 22.4. The largest absolute Gasteiger partial charge is 0.778 e. The number of pyridine rings is 2. The van der Waals surface area contributed by atoms with Crippen molar-refractivity contribution >= 4 is 15.2 Å². The number of aromatic nitrogens is 2. The number of nitrogens with one attached hydrogen (secondary N) is 2. The molecule has 0 saturated carbocycles. The molecule has 0 radical (unpaired) electrons. The van der Waals surface area contributed by atoms with Crippen LogP contribution in [-0.2, 0) is 31.4 Å². The van der Waals surface area contributed by atoms with E-state index in [4.69, 9.17) is 9.05 Å². The Kier molecular flexibility index (Phi) is 17.1. The molecule has 15 heteroatoms. The van der Waals surface area contributed by atoms with Crippen LogP contribution in [0, 0.1) is 13.8 Å². The zero-order chi connectivity index (χ0) is 24.7. The first-order chi connectivity index (χ1) is 14.7. The summed E-state index contributed by atoms with van der Waals surface area (Å²) in [6, 6.07) is 6.38. The van der Waals surface area contributed by atoms with Crippen LogP contribution in [-0.4, -0.2) is 38.0 Å². The number of rotatable bonds is 8. The van der Waals surface area contributed by atoms with Gasteiger partial charge in [-0.3, -0.25) is 0 Å². The van der Waals surface area contributed by atoms with E-state index in [0.717, 1.165) is 11.4 Å². The third-order valence-corrected chi connectivity index (χ3v) is 7.85. The van der Waals surface area contributed by atoms with Crippen molar-refractivity contribution in [3.8, 4) is 11.5 Å². The molecular weight excluding hydrogens is 506 g/mol. The molecule has 0 aliphatic heterocycles. The first-order valence-corrected chi connectivity index (χ1v) is 13.2. The Morgan fingerprint density at radius 2 is 1.03 bits per heavy atom. The predicted molar refractivity (Wildman–Crippen MR) is 125 cm³/mol. The van der Waals surface area contributed by atoms with Crippen LogP contribution in [0.1, 0.15) is 50.5 Å². The highest BCUT2D eigenvalue weighted by Crippen LogP contribution is 2.44. The van der Waals surface area contributed by atoms with Gasteiger partial charge in [-0.1, -0.05) is 27.7 Å². The van der Waals surface area contributed by atoms with Gasteiger partial charge in [0.2, 0.25) is 11.4 Å². The van der Waals surface area contributed by atoms with Crippen molar-refractivity contribution in [3.05, 3.63) is 47.0 Å². The highest BCUT2D eigenvalue weighted by molar-refractivity contribution is 7.52. The average molecular weight is 544 g/mol. The standard InChI is InChI=1S/2C10H16NO4P.3H2O/c2*1-7(2)16(13,14)15-6-9-10(12)5-4-8(3)11-9;;;/h2*4-5,7,12H,6H2,1-3H3,(H,13,14);3*1H2. The molecule has 35 heavy (non-hydrogen) atoms. The van der Waals surface area contributed by atoms with Gasteiger partial charge in [-0.15, -0.1) is 0 Å². The summed E-state index contributed by atoms with van der Waals surface area (Å²) < 4.78 is 32.5. The van der Waals surface area contributed by atoms with Gasteiger partial charge >= 0.3 is 0 Å². The summed E-state index contributed by atoms with van der Waals surface area (Å²) in [7, 11) is -7.69. The Labute approximate surface area is 204 Å². The van der Waals surface area contributed by atoms with E-state index in [1.54, 1.807) is 39.8 Å². The molecule has 0 bridgehead atoms. The van der Waals surface area contributed by atoms with Crippen molar-refractivity contribution in [3.63, 3.8) is 0 Å². The molecule has 2 unspecified atom stereocenters. The number of hydrogen-bond acceptors (Lipinski definition) is 8. The van der Waals surface area contributed by atoms with E-state index in [-0.39, 0.29) is 41.1 Å². The minimum atomic E-state index is -3.85. The van der Waals surface area contributed by atoms with Crippen LogP contribution in [0.15, 0.2) is 24.3 Å². The maximum atomic E-state index is 11.4. The number of H-pyrrole nitrogens is 2. The fraction of sp³-hybridized carbons (Fsp3) is 0.500. The Morgan fingerprint density at radius 3 is 1.29 bits per heavy atom. The molecule has 2 aromatic heterocycles. The lowest BCUT2D eigenvalue weighted by Gasteiger charge is -2.26. The molecule has 0 saturated heterocycles. The highest BCUT2D eigenvalue weighted by atomic mass is 31.2. The fourth-order valence-electron chi connectivity index (χ4n) is 2.12. The summed E-state index contributed by atoms with van der Waals surface area (Å²) in [5.41, 5.74) is 1.22. The number of aromatic amines is 2. The summed E-state index contributed by atoms with van der Waals surface area (Å²) >= 11 is 0. The van der Waals surface area contributed by atoms with E-state index in [1.165, 1.54) is 12.1 Å². The van der Waals surface area contributed by atoms with Gasteiger partial charge in [0.15, 0.2) is 22.9 Å². The second-order valence-corrected chi connectivity index (χ2v) is 12.6. The Balaban J connectivity index is -0.000000539. The summed E-state index contributed by atoms with van der Waals surface area (Å²) in [4.78, 5) is 28.5. The lowest BCUT2D eigenvalue weighted by Crippen LogP contribution is -2.19. The van der Waals surface area contributed by atoms with Gasteiger partial charge < -0.3 is 54.6 Å². The molecule has 10 N–H and O–H groups in total. The molecule has 0 aliphatic carbocycles. The van der Waals surface area contributed by atoms with Gasteiger partial charge in [-0.05, 0) is 12.1 Å². The van der Waals surface area contributed by atoms with Crippen LogP contribution in [0.5, 0.6) is 11.5 Å². The smallest absolute Gasteiger partial charge is 0.248 e. The molecule has 0 aromatic carbocycles. The van der Waals surface area contributed by atoms with Gasteiger partial charge in [0, 0.05) is 37.3 Å². The Hall–Kier alpha value is -1.92. The molecule has 0 aliphatic rings. The molecule has 2 aromatic rings. The van der Waals surface area contributed by atoms with Crippen molar-refractivity contribution in [2.75, 3.05) is 0 Å². The maximum absolute atomic E-state index is 11.4. The summed E-state index contributed by atoms with van der Waals surface area (Å²) in [5, 5.41) is 18.9. The molecule has 204 valence electrons. The van der Waals surface area contributed by atoms with Crippen molar-refractivity contribution < 1.29 is 64.6 Å². The van der Waals surface area contributed by atoms with Crippen LogP contribution in [0.25, 0.3) is 0 Å². The Bertz CT molecular complexity index is 924. The van der Waals surface area contributed by atoms with Gasteiger partial charge in [-0.2, -0.15) is 0 Å². The van der Waals surface area contributed by atoms with Crippen LogP contribution in [0.4, 0.5) is 0 Å². The third kappa shape index (κ3) is 12.6. The molecule has 13 nitrogen and oxygen atoms in total. The van der Waals surface area contributed by atoms with Crippen molar-refractivity contribution in [1.82, 2.24) is 0 Å². The normalized spacial score (nSPS) is 13.8. The quantitative estimate of drug-likeness (QED) is 0.408. The molecular formula is C20H38N2O11P2. The maximum Gasteiger partial charge on any atom is 0.248 e. The average Bonchev–Trinajstić information content (AvgIpc) is 2.69. The van der Waals surface area contributed by atoms with E-state index in [2.05, 4.69) is 9.97 Å². The van der Waals surface area contributed by atoms with E-state index < -0.39 is 26.5 Å². The Morgan fingerprint density at radius 1 is 0.743 bits per heavy atom. The van der Waals surface area contributed by atoms with Gasteiger partial charge in [0.05, 0.1) is 0 Å². The van der Waals surface area contributed by atoms with Crippen molar-refractivity contribution in [2.45, 2.75) is 66.1 Å². The summed E-state index contributed by atoms with van der Waals surface area (Å²) in [5.74, 6) is -0.0105. The molecule has 2 rings (SSSR count). The fourth-order valence-corrected chi connectivity index (χ4v) is 3.34. The SMILES string of the molecule is Cc1ccc(O)c(COP(=O)([O-])C(C)C)[nH+]1.Cc1ccc(O)c(COP(=O)([O-])C(C)C)[nH+]1.O.O.O. The molecule has 0 spiro atoms. The minimum Gasteiger partial charge on any atom is -0.778 e. The molecule has 2 heterocycles. The lowest BCUT2D eigenvalue weighted by molar-refractivity contribution is -0.405. The molecule has 0 amide bonds. The van der Waals surface area contributed by atoms with Gasteiger partial charge in [-0.25, -0.2) is 9.97 Å². The van der Waals surface area contributed by atoms with E-state index >= 15 is 0 Å². The second kappa shape index (κ2) is 15.9. The van der Waals surface area contributed by atoms with Crippen LogP contribution in [0.3, 0.4) is 0 Å². The first-order valence-electron chi connectivity index (χ1n) is 9.97. The summed E-state index contributed by atoms with van der Waals surface area (Å²) in [6.45, 7) is 9.46. The second-order valence-electron chi connectivity index (χ2n) is 7.82. The van der Waals surface area contributed by atoms with Gasteiger partial charge in [0.1, 0.15) is 28.4 Å². The van der Waals surface area contributed by atoms with E-state index in [1.807, 2.05) is 13.8 Å². The van der Waals surface area contributed by atoms with Crippen LogP contribution >= 0.6 is 15.2 Å². The van der Waals surface area contributed by atoms with Crippen LogP contribution in [0.2, 0.25) is 0 Å². The van der Waals surface area contributed by atoms with Crippen molar-refractivity contribution in [1.29, 1.82) is 0 Å². The van der Waals surface area contributed by atoms with E-state index in [0.29, 0.717) is 11.4 Å². The van der Waals surface area contributed by atoms with Crippen LogP contribution < -0.4 is 19.8 Å². The third-order valence-electron chi connectivity index (χ3n) is 4.34. The minimum absolute atomic E-state index is 0. The van der Waals surface area contributed by atoms with Gasteiger partial charge in [0.25, 0.3) is 0 Å². The zero-order valence-electron chi connectivity index (χ0n) is 20.6. The summed E-state index contributed by atoms with van der Waals surface area (Å²) in [6.07, 6.45) is 0. The lowest BCUT2D eigenvalue weighted by atomic mass is 10.3. The first kappa shape index (κ1) is 37.6.